The number of nitrogens with one attached hydrogen (secondary N) is 2. The molecule has 0 aliphatic carbocycles. The summed E-state index contributed by atoms with van der Waals surface area (Å²) < 4.78 is 9.84. The highest BCUT2D eigenvalue weighted by atomic mass is 16.5. The molecule has 0 aliphatic heterocycles. The topological polar surface area (TPSA) is 72.5 Å². The lowest BCUT2D eigenvalue weighted by molar-refractivity contribution is 0.0937. The van der Waals surface area contributed by atoms with E-state index < -0.39 is 0 Å². The Bertz CT molecular complexity index is 385. The van der Waals surface area contributed by atoms with Gasteiger partial charge in [0, 0.05) is 45.7 Å². The molecule has 1 rings (SSSR count). The van der Waals surface area contributed by atoms with E-state index in [1.165, 1.54) is 0 Å². The van der Waals surface area contributed by atoms with Crippen LogP contribution in [0.3, 0.4) is 0 Å². The number of carbonyl (C=O) groups is 1. The highest BCUT2D eigenvalue weighted by molar-refractivity contribution is 5.94. The fraction of sp³-hybridized carbons (Fsp3) is 0.538. The van der Waals surface area contributed by atoms with Crippen LogP contribution in [0.5, 0.6) is 0 Å². The van der Waals surface area contributed by atoms with Crippen molar-refractivity contribution < 1.29 is 14.3 Å². The molecule has 0 saturated carbocycles. The molecule has 1 heterocycles. The minimum Gasteiger partial charge on any atom is -0.385 e. The van der Waals surface area contributed by atoms with Crippen LogP contribution in [0.4, 0.5) is 5.82 Å². The van der Waals surface area contributed by atoms with Gasteiger partial charge in [-0.1, -0.05) is 0 Å². The SMILES string of the molecule is COCCCNc1cc(C(=O)NCCOC)ccn1. The molecule has 0 aliphatic rings. The van der Waals surface area contributed by atoms with E-state index >= 15 is 0 Å². The van der Waals surface area contributed by atoms with Crippen molar-refractivity contribution in [3.05, 3.63) is 23.9 Å². The average molecular weight is 267 g/mol. The van der Waals surface area contributed by atoms with Crippen molar-refractivity contribution in [1.82, 2.24) is 10.3 Å². The summed E-state index contributed by atoms with van der Waals surface area (Å²) in [5.74, 6) is 0.565. The first-order valence-corrected chi connectivity index (χ1v) is 6.24. The molecule has 0 bridgehead atoms. The summed E-state index contributed by atoms with van der Waals surface area (Å²) in [6.07, 6.45) is 2.51. The normalized spacial score (nSPS) is 10.2. The van der Waals surface area contributed by atoms with Gasteiger partial charge < -0.3 is 20.1 Å². The van der Waals surface area contributed by atoms with Crippen LogP contribution >= 0.6 is 0 Å². The Morgan fingerprint density at radius 2 is 2.05 bits per heavy atom. The molecule has 0 radical (unpaired) electrons. The second kappa shape index (κ2) is 9.29. The maximum Gasteiger partial charge on any atom is 0.251 e. The third-order valence-electron chi connectivity index (χ3n) is 2.45. The zero-order chi connectivity index (χ0) is 13.9. The van der Waals surface area contributed by atoms with E-state index in [9.17, 15) is 4.79 Å². The number of methoxy groups -OCH3 is 2. The smallest absolute Gasteiger partial charge is 0.251 e. The molecule has 1 aromatic heterocycles. The Hall–Kier alpha value is -1.66. The Balaban J connectivity index is 2.44. The highest BCUT2D eigenvalue weighted by Gasteiger charge is 2.05. The Morgan fingerprint density at radius 1 is 1.26 bits per heavy atom. The summed E-state index contributed by atoms with van der Waals surface area (Å²) in [5, 5.41) is 5.91. The van der Waals surface area contributed by atoms with Gasteiger partial charge in [-0.3, -0.25) is 4.79 Å². The number of anilines is 1. The summed E-state index contributed by atoms with van der Waals surface area (Å²) in [7, 11) is 3.27. The molecule has 6 nitrogen and oxygen atoms in total. The van der Waals surface area contributed by atoms with E-state index in [0.29, 0.717) is 31.1 Å². The molecule has 6 heteroatoms. The molecular weight excluding hydrogens is 246 g/mol. The summed E-state index contributed by atoms with van der Waals surface area (Å²) in [6, 6.07) is 3.41. The minimum atomic E-state index is -0.126. The number of nitrogens with zero attached hydrogens (tertiary/aromatic N) is 1. The molecule has 1 amide bonds. The van der Waals surface area contributed by atoms with Gasteiger partial charge in [0.1, 0.15) is 5.82 Å². The fourth-order valence-electron chi connectivity index (χ4n) is 1.47. The van der Waals surface area contributed by atoms with Gasteiger partial charge in [0.2, 0.25) is 0 Å². The second-order valence-corrected chi connectivity index (χ2v) is 3.95. The maximum atomic E-state index is 11.8. The van der Waals surface area contributed by atoms with Gasteiger partial charge in [-0.25, -0.2) is 4.98 Å². The van der Waals surface area contributed by atoms with E-state index in [1.54, 1.807) is 32.5 Å². The van der Waals surface area contributed by atoms with Gasteiger partial charge in [0.15, 0.2) is 0 Å². The van der Waals surface area contributed by atoms with Gasteiger partial charge in [0.25, 0.3) is 5.91 Å². The standard InChI is InChI=1S/C13H21N3O3/c1-18-8-3-5-14-12-10-11(4-6-15-12)13(17)16-7-9-19-2/h4,6,10H,3,5,7-9H2,1-2H3,(H,14,15)(H,16,17). The lowest BCUT2D eigenvalue weighted by Gasteiger charge is -2.08. The number of amides is 1. The highest BCUT2D eigenvalue weighted by Crippen LogP contribution is 2.06. The summed E-state index contributed by atoms with van der Waals surface area (Å²) >= 11 is 0. The zero-order valence-electron chi connectivity index (χ0n) is 11.4. The summed E-state index contributed by atoms with van der Waals surface area (Å²) in [4.78, 5) is 16.0. The Labute approximate surface area is 113 Å². The number of carbonyl (C=O) groups excluding carboxylic acids is 1. The van der Waals surface area contributed by atoms with Crippen LogP contribution in [-0.4, -0.2) is 51.4 Å². The molecule has 0 unspecified atom stereocenters. The van der Waals surface area contributed by atoms with E-state index in [4.69, 9.17) is 9.47 Å². The molecule has 106 valence electrons. The number of pyridine rings is 1. The van der Waals surface area contributed by atoms with E-state index in [-0.39, 0.29) is 5.91 Å². The first kappa shape index (κ1) is 15.4. The van der Waals surface area contributed by atoms with Crippen LogP contribution in [0.1, 0.15) is 16.8 Å². The van der Waals surface area contributed by atoms with Crippen LogP contribution in [0.25, 0.3) is 0 Å². The van der Waals surface area contributed by atoms with E-state index in [1.807, 2.05) is 0 Å². The van der Waals surface area contributed by atoms with Crippen molar-refractivity contribution in [2.24, 2.45) is 0 Å². The largest absolute Gasteiger partial charge is 0.385 e. The van der Waals surface area contributed by atoms with Gasteiger partial charge in [-0.2, -0.15) is 0 Å². The number of rotatable bonds is 9. The van der Waals surface area contributed by atoms with Crippen molar-refractivity contribution in [2.75, 3.05) is 45.8 Å². The van der Waals surface area contributed by atoms with Gasteiger partial charge >= 0.3 is 0 Å². The van der Waals surface area contributed by atoms with Crippen LogP contribution < -0.4 is 10.6 Å². The van der Waals surface area contributed by atoms with Crippen LogP contribution in [-0.2, 0) is 9.47 Å². The van der Waals surface area contributed by atoms with Crippen LogP contribution in [0.15, 0.2) is 18.3 Å². The van der Waals surface area contributed by atoms with Gasteiger partial charge in [-0.05, 0) is 18.6 Å². The summed E-state index contributed by atoms with van der Waals surface area (Å²) in [5.41, 5.74) is 0.584. The number of hydrogen-bond acceptors (Lipinski definition) is 5. The number of hydrogen-bond donors (Lipinski definition) is 2. The van der Waals surface area contributed by atoms with E-state index in [2.05, 4.69) is 15.6 Å². The lowest BCUT2D eigenvalue weighted by Crippen LogP contribution is -2.27. The second-order valence-electron chi connectivity index (χ2n) is 3.95. The molecule has 19 heavy (non-hydrogen) atoms. The molecular formula is C13H21N3O3. The maximum absolute atomic E-state index is 11.8. The zero-order valence-corrected chi connectivity index (χ0v) is 11.4. The quantitative estimate of drug-likeness (QED) is 0.651. The number of aromatic nitrogens is 1. The van der Waals surface area contributed by atoms with Crippen molar-refractivity contribution in [2.45, 2.75) is 6.42 Å². The summed E-state index contributed by atoms with van der Waals surface area (Å²) in [6.45, 7) is 2.45. The van der Waals surface area contributed by atoms with Crippen molar-refractivity contribution in [1.29, 1.82) is 0 Å². The predicted molar refractivity (Wildman–Crippen MR) is 73.4 cm³/mol. The average Bonchev–Trinajstić information content (AvgIpc) is 2.44. The third-order valence-corrected chi connectivity index (χ3v) is 2.45. The van der Waals surface area contributed by atoms with Crippen molar-refractivity contribution >= 4 is 11.7 Å². The first-order valence-electron chi connectivity index (χ1n) is 6.24. The molecule has 2 N–H and O–H groups in total. The van der Waals surface area contributed by atoms with Crippen LogP contribution in [0, 0.1) is 0 Å². The van der Waals surface area contributed by atoms with Gasteiger partial charge in [-0.15, -0.1) is 0 Å². The predicted octanol–water partition coefficient (Wildman–Crippen LogP) is 0.906. The van der Waals surface area contributed by atoms with Gasteiger partial charge in [0.05, 0.1) is 6.61 Å². The molecule has 0 spiro atoms. The molecule has 0 saturated heterocycles. The molecule has 0 fully saturated rings. The lowest BCUT2D eigenvalue weighted by atomic mass is 10.2. The number of ether oxygens (including phenoxy) is 2. The third kappa shape index (κ3) is 6.17. The van der Waals surface area contributed by atoms with Crippen LogP contribution in [0.2, 0.25) is 0 Å². The Morgan fingerprint density at radius 3 is 2.79 bits per heavy atom. The fourth-order valence-corrected chi connectivity index (χ4v) is 1.47. The van der Waals surface area contributed by atoms with Crippen molar-refractivity contribution in [3.63, 3.8) is 0 Å². The minimum absolute atomic E-state index is 0.126. The molecule has 1 aromatic rings. The van der Waals surface area contributed by atoms with E-state index in [0.717, 1.165) is 13.0 Å². The van der Waals surface area contributed by atoms with Crippen molar-refractivity contribution in [3.8, 4) is 0 Å². The Kier molecular flexibility index (Phi) is 7.53. The first-order chi connectivity index (χ1) is 9.27. The monoisotopic (exact) mass is 267 g/mol. The molecule has 0 aromatic carbocycles. The molecule has 0 atom stereocenters.